The fraction of sp³-hybridized carbons (Fsp3) is 0.472. The fourth-order valence-corrected chi connectivity index (χ4v) is 8.82. The first kappa shape index (κ1) is 43.9. The molecule has 0 saturated carbocycles. The van der Waals surface area contributed by atoms with Crippen LogP contribution < -0.4 is 16.2 Å². The van der Waals surface area contributed by atoms with Crippen LogP contribution in [0.2, 0.25) is 0 Å². The number of amides is 2. The summed E-state index contributed by atoms with van der Waals surface area (Å²) in [6, 6.07) is 8.57. The van der Waals surface area contributed by atoms with Gasteiger partial charge in [-0.3, -0.25) is 38.3 Å². The van der Waals surface area contributed by atoms with Crippen LogP contribution in [0, 0.1) is 12.5 Å². The number of aliphatic hydroxyl groups is 2. The van der Waals surface area contributed by atoms with Crippen LogP contribution >= 0.6 is 6.72 Å². The lowest BCUT2D eigenvalue weighted by Gasteiger charge is -2.30. The fourth-order valence-electron chi connectivity index (χ4n) is 6.73. The van der Waals surface area contributed by atoms with Gasteiger partial charge in [0.15, 0.2) is 40.6 Å². The molecule has 0 spiro atoms. The van der Waals surface area contributed by atoms with Crippen molar-refractivity contribution >= 4 is 64.4 Å². The van der Waals surface area contributed by atoms with E-state index in [4.69, 9.17) is 50.9 Å². The minimum Gasteiger partial charge on any atom is -0.394 e. The van der Waals surface area contributed by atoms with E-state index in [1.165, 1.54) is 42.3 Å². The summed E-state index contributed by atoms with van der Waals surface area (Å²) in [5, 5.41) is 27.2. The predicted octanol–water partition coefficient (Wildman–Crippen LogP) is 1.55. The number of benzene rings is 1. The van der Waals surface area contributed by atoms with Gasteiger partial charge >= 0.3 is 6.72 Å². The number of carbonyl (C=O) groups excluding carboxylic acids is 2. The second-order valence-corrected chi connectivity index (χ2v) is 16.9. The molecule has 7 rings (SSSR count). The predicted molar refractivity (Wildman–Crippen MR) is 216 cm³/mol. The molecular weight excluding hydrogens is 842 g/mol. The van der Waals surface area contributed by atoms with Crippen molar-refractivity contribution in [1.29, 1.82) is 0 Å². The third kappa shape index (κ3) is 9.08. The Labute approximate surface area is 351 Å². The number of H-pyrrole nitrogens is 1. The van der Waals surface area contributed by atoms with Crippen molar-refractivity contribution in [3.8, 4) is 0 Å². The number of nitrogens with zero attached hydrogens (tertiary/aromatic N) is 8. The van der Waals surface area contributed by atoms with Crippen LogP contribution in [0.3, 0.4) is 0 Å². The maximum Gasteiger partial charge on any atom is 0.327 e. The minimum atomic E-state index is -3.90. The molecule has 3 unspecified atom stereocenters. The normalized spacial score (nSPS) is 24.9. The molecule has 25 heteroatoms. The van der Waals surface area contributed by atoms with E-state index in [2.05, 4.69) is 45.4 Å². The first-order valence-electron chi connectivity index (χ1n) is 18.8. The second kappa shape index (κ2) is 18.8. The molecular formula is C36H42N11O12PS. The van der Waals surface area contributed by atoms with Gasteiger partial charge in [-0.15, -0.1) is 0 Å². The topological polar surface area (TPSA) is 275 Å². The molecule has 2 aliphatic heterocycles. The maximum atomic E-state index is 12.9. The van der Waals surface area contributed by atoms with Crippen LogP contribution in [0.25, 0.3) is 27.2 Å². The molecule has 61 heavy (non-hydrogen) atoms. The lowest BCUT2D eigenvalue weighted by molar-refractivity contribution is -0.118. The van der Waals surface area contributed by atoms with E-state index in [-0.39, 0.29) is 53.2 Å². The summed E-state index contributed by atoms with van der Waals surface area (Å²) < 4.78 is 45.3. The molecule has 0 radical (unpaired) electrons. The molecule has 23 nitrogen and oxygen atoms in total. The molecule has 0 aliphatic carbocycles. The monoisotopic (exact) mass is 883 g/mol. The first-order chi connectivity index (χ1) is 29.4. The molecule has 324 valence electrons. The number of aliphatic hydroxyl groups excluding tert-OH is 2. The zero-order valence-corrected chi connectivity index (χ0v) is 34.8. The van der Waals surface area contributed by atoms with Crippen LogP contribution in [0.15, 0.2) is 54.1 Å². The average Bonchev–Trinajstić information content (AvgIpc) is 4.03. The van der Waals surface area contributed by atoms with Crippen molar-refractivity contribution in [2.45, 2.75) is 62.9 Å². The van der Waals surface area contributed by atoms with Crippen molar-refractivity contribution < 1.29 is 52.3 Å². The molecule has 2 fully saturated rings. The van der Waals surface area contributed by atoms with Gasteiger partial charge in [-0.05, 0) is 23.9 Å². The van der Waals surface area contributed by atoms with Crippen molar-refractivity contribution in [2.24, 2.45) is 5.92 Å². The van der Waals surface area contributed by atoms with Crippen LogP contribution in [-0.4, -0.2) is 138 Å². The summed E-state index contributed by atoms with van der Waals surface area (Å²) in [6.45, 7) is 5.46. The van der Waals surface area contributed by atoms with Crippen LogP contribution in [0.5, 0.6) is 0 Å². The van der Waals surface area contributed by atoms with Crippen molar-refractivity contribution in [1.82, 2.24) is 39.0 Å². The third-order valence-electron chi connectivity index (χ3n) is 9.80. The summed E-state index contributed by atoms with van der Waals surface area (Å²) in [5.41, 5.74) is 0.292. The van der Waals surface area contributed by atoms with Gasteiger partial charge in [-0.1, -0.05) is 32.0 Å². The highest BCUT2D eigenvalue weighted by molar-refractivity contribution is 8.07. The highest BCUT2D eigenvalue weighted by Gasteiger charge is 2.51. The van der Waals surface area contributed by atoms with E-state index in [0.29, 0.717) is 5.56 Å². The summed E-state index contributed by atoms with van der Waals surface area (Å²) in [7, 11) is 2.76. The number of rotatable bonds is 17. The lowest BCUT2D eigenvalue weighted by atomic mass is 10.1. The van der Waals surface area contributed by atoms with Crippen molar-refractivity contribution in [3.63, 3.8) is 0 Å². The number of aromatic amines is 1. The van der Waals surface area contributed by atoms with Gasteiger partial charge in [0.25, 0.3) is 11.5 Å². The largest absolute Gasteiger partial charge is 0.394 e. The number of nitrogens with one attached hydrogen (secondary N) is 3. The summed E-state index contributed by atoms with van der Waals surface area (Å²) in [5.74, 6) is -1.15. The van der Waals surface area contributed by atoms with E-state index in [1.54, 1.807) is 44.2 Å². The molecule has 0 bridgehead atoms. The number of fused-ring (bicyclic) bond motifs is 2. The Morgan fingerprint density at radius 2 is 1.66 bits per heavy atom. The Morgan fingerprint density at radius 1 is 0.967 bits per heavy atom. The highest BCUT2D eigenvalue weighted by atomic mass is 32.5. The summed E-state index contributed by atoms with van der Waals surface area (Å²) in [4.78, 5) is 65.6. The zero-order chi connectivity index (χ0) is 43.4. The SMILES string of the molecule is [C-]#[N+]CCOP(=S)(OC[C@H]1O[C@@H](n2cnc3c(NC(=O)c4ccccc4)ncnc32)[C@@H](OC)C1O)OC1[C@@H](CO)O[C@@H](n2cnc3c(=O)[nH]c(NC(=O)C(C)C)nc32)[C@H]1OC. The van der Waals surface area contributed by atoms with Gasteiger partial charge in [0.2, 0.25) is 18.4 Å². The van der Waals surface area contributed by atoms with Gasteiger partial charge in [0.05, 0.1) is 25.9 Å². The Morgan fingerprint density at radius 3 is 2.34 bits per heavy atom. The van der Waals surface area contributed by atoms with E-state index in [1.807, 2.05) is 0 Å². The Balaban J connectivity index is 1.10. The Hall–Kier alpha value is -5.16. The molecule has 2 amide bonds. The minimum absolute atomic E-state index is 0.0381. The Kier molecular flexibility index (Phi) is 13.6. The maximum absolute atomic E-state index is 12.9. The summed E-state index contributed by atoms with van der Waals surface area (Å²) >= 11 is 5.85. The average molecular weight is 884 g/mol. The molecule has 4 aromatic heterocycles. The standard InChI is InChI=1S/C36H42N11O12PS/c1-18(2)31(50)44-36-43-30-23(33(52)45-36)41-17-47(30)35-27(54-5)25(20(13-48)57-35)59-60(61,55-12-11-37-3)56-14-21-24(49)26(53-4)34(58-21)46-16-40-22-28(38-15-39-29(22)46)42-32(51)19-9-7-6-8-10-19/h6-10,15-18,20-21,24-27,34-35,48-49H,11-14H2,1-2,4-5H3,(H,38,39,42,51)(H2,43,44,45,50,52)/t20-,21-,24?,25?,26+,27+,34-,35-,60?/m1/s1. The van der Waals surface area contributed by atoms with Gasteiger partial charge in [0.1, 0.15) is 49.6 Å². The number of hydrogen-bond donors (Lipinski definition) is 5. The van der Waals surface area contributed by atoms with E-state index in [0.717, 1.165) is 0 Å². The number of anilines is 2. The van der Waals surface area contributed by atoms with E-state index >= 15 is 0 Å². The highest BCUT2D eigenvalue weighted by Crippen LogP contribution is 2.54. The lowest BCUT2D eigenvalue weighted by Crippen LogP contribution is -2.38. The number of imidazole rings is 2. The van der Waals surface area contributed by atoms with Crippen LogP contribution in [0.4, 0.5) is 11.8 Å². The number of aromatic nitrogens is 8. The molecule has 1 aromatic carbocycles. The summed E-state index contributed by atoms with van der Waals surface area (Å²) in [6.07, 6.45) is -4.81. The second-order valence-electron chi connectivity index (χ2n) is 14.0. The quantitative estimate of drug-likeness (QED) is 0.0503. The third-order valence-corrected chi connectivity index (χ3v) is 12.2. The van der Waals surface area contributed by atoms with Crippen LogP contribution in [0.1, 0.15) is 36.7 Å². The van der Waals surface area contributed by atoms with Gasteiger partial charge in [0, 0.05) is 25.7 Å². The van der Waals surface area contributed by atoms with Gasteiger partial charge in [-0.2, -0.15) is 4.98 Å². The molecule has 9 atom stereocenters. The van der Waals surface area contributed by atoms with Crippen molar-refractivity contribution in [2.75, 3.05) is 51.2 Å². The zero-order valence-electron chi connectivity index (χ0n) is 33.1. The van der Waals surface area contributed by atoms with Gasteiger partial charge in [-0.25, -0.2) is 26.5 Å². The molecule has 2 aliphatic rings. The van der Waals surface area contributed by atoms with E-state index < -0.39 is 86.4 Å². The smallest absolute Gasteiger partial charge is 0.327 e. The Bertz CT molecular complexity index is 2520. The van der Waals surface area contributed by atoms with Crippen molar-refractivity contribution in [3.05, 3.63) is 76.6 Å². The first-order valence-corrected chi connectivity index (χ1v) is 21.3. The molecule has 6 heterocycles. The number of hydrogen-bond acceptors (Lipinski definition) is 18. The molecule has 5 aromatic rings. The van der Waals surface area contributed by atoms with Gasteiger partial charge < -0.3 is 48.4 Å². The number of ether oxygens (including phenoxy) is 4. The molecule has 2 saturated heterocycles. The number of methoxy groups -OCH3 is 2. The van der Waals surface area contributed by atoms with Crippen LogP contribution in [-0.2, 0) is 49.1 Å². The number of carbonyl (C=O) groups is 2. The molecule has 5 N–H and O–H groups in total. The van der Waals surface area contributed by atoms with E-state index in [9.17, 15) is 24.6 Å².